The lowest BCUT2D eigenvalue weighted by molar-refractivity contribution is -0.115. The van der Waals surface area contributed by atoms with Crippen LogP contribution in [0.4, 0.5) is 5.69 Å². The summed E-state index contributed by atoms with van der Waals surface area (Å²) in [5.41, 5.74) is 0.669. The van der Waals surface area contributed by atoms with Crippen LogP contribution in [-0.4, -0.2) is 32.7 Å². The summed E-state index contributed by atoms with van der Waals surface area (Å²) in [5, 5.41) is 12.0. The molecule has 2 aliphatic rings. The van der Waals surface area contributed by atoms with Crippen LogP contribution in [0.1, 0.15) is 37.3 Å². The number of ether oxygens (including phenoxy) is 2. The highest BCUT2D eigenvalue weighted by molar-refractivity contribution is 8.00. The molecule has 9 heteroatoms. The predicted octanol–water partition coefficient (Wildman–Crippen LogP) is 3.64. The summed E-state index contributed by atoms with van der Waals surface area (Å²) in [6, 6.07) is 9.15. The zero-order chi connectivity index (χ0) is 19.8. The van der Waals surface area contributed by atoms with Crippen molar-refractivity contribution in [2.75, 3.05) is 12.1 Å². The Labute approximate surface area is 171 Å². The summed E-state index contributed by atoms with van der Waals surface area (Å²) >= 11 is 1.39. The van der Waals surface area contributed by atoms with Crippen molar-refractivity contribution in [2.45, 2.75) is 42.6 Å². The number of carbonyl (C=O) groups is 1. The van der Waals surface area contributed by atoms with Crippen LogP contribution in [0, 0.1) is 0 Å². The first-order valence-corrected chi connectivity index (χ1v) is 10.4. The normalized spacial score (nSPS) is 16.0. The number of rotatable bonds is 7. The highest BCUT2D eigenvalue weighted by Gasteiger charge is 2.31. The van der Waals surface area contributed by atoms with E-state index < -0.39 is 0 Å². The zero-order valence-electron chi connectivity index (χ0n) is 15.8. The van der Waals surface area contributed by atoms with Gasteiger partial charge in [-0.2, -0.15) is 0 Å². The van der Waals surface area contributed by atoms with Crippen molar-refractivity contribution < 1.29 is 18.7 Å². The molecule has 3 aromatic rings. The van der Waals surface area contributed by atoms with Crippen LogP contribution in [0.15, 0.2) is 46.2 Å². The molecular formula is C20H20N4O4S. The van der Waals surface area contributed by atoms with Crippen molar-refractivity contribution in [1.82, 2.24) is 14.8 Å². The van der Waals surface area contributed by atoms with Gasteiger partial charge in [-0.1, -0.05) is 11.8 Å². The fourth-order valence-corrected chi connectivity index (χ4v) is 4.02. The SMILES string of the molecule is CC(Sc1nnc(C2CC2)n1Cc1ccco1)C(=O)Nc1ccc2c(c1)OCO2. The fourth-order valence-electron chi connectivity index (χ4n) is 3.17. The average Bonchev–Trinajstić information content (AvgIpc) is 3.08. The van der Waals surface area contributed by atoms with E-state index in [1.54, 1.807) is 24.5 Å². The van der Waals surface area contributed by atoms with E-state index in [0.717, 1.165) is 29.6 Å². The summed E-state index contributed by atoms with van der Waals surface area (Å²) in [6.45, 7) is 2.62. The first-order valence-electron chi connectivity index (χ1n) is 9.50. The lowest BCUT2D eigenvalue weighted by Gasteiger charge is -2.13. The molecule has 150 valence electrons. The second-order valence-electron chi connectivity index (χ2n) is 7.10. The minimum absolute atomic E-state index is 0.116. The number of nitrogens with zero attached hydrogens (tertiary/aromatic N) is 3. The summed E-state index contributed by atoms with van der Waals surface area (Å²) in [6.07, 6.45) is 3.91. The first-order chi connectivity index (χ1) is 14.2. The number of thioether (sulfide) groups is 1. The van der Waals surface area contributed by atoms with Crippen LogP contribution in [0.5, 0.6) is 11.5 Å². The highest BCUT2D eigenvalue weighted by Crippen LogP contribution is 2.40. The molecular weight excluding hydrogens is 392 g/mol. The van der Waals surface area contributed by atoms with Crippen LogP contribution in [0.3, 0.4) is 0 Å². The molecule has 1 unspecified atom stereocenters. The third kappa shape index (κ3) is 3.82. The second kappa shape index (κ2) is 7.47. The third-order valence-corrected chi connectivity index (χ3v) is 5.95. The van der Waals surface area contributed by atoms with E-state index in [1.165, 1.54) is 11.8 Å². The van der Waals surface area contributed by atoms with Gasteiger partial charge < -0.3 is 19.2 Å². The number of nitrogens with one attached hydrogen (secondary N) is 1. The molecule has 1 aromatic carbocycles. The Morgan fingerprint density at radius 1 is 1.28 bits per heavy atom. The number of amides is 1. The van der Waals surface area contributed by atoms with Gasteiger partial charge >= 0.3 is 0 Å². The first kappa shape index (κ1) is 18.1. The van der Waals surface area contributed by atoms with Crippen LogP contribution in [0.2, 0.25) is 0 Å². The molecule has 1 saturated carbocycles. The summed E-state index contributed by atoms with van der Waals surface area (Å²) in [5.74, 6) is 3.46. The molecule has 1 aliphatic heterocycles. The number of anilines is 1. The highest BCUT2D eigenvalue weighted by atomic mass is 32.2. The van der Waals surface area contributed by atoms with Crippen LogP contribution < -0.4 is 14.8 Å². The minimum Gasteiger partial charge on any atom is -0.467 e. The van der Waals surface area contributed by atoms with Crippen molar-refractivity contribution >= 4 is 23.4 Å². The maximum Gasteiger partial charge on any atom is 0.237 e. The largest absolute Gasteiger partial charge is 0.467 e. The molecule has 1 aliphatic carbocycles. The van der Waals surface area contributed by atoms with Gasteiger partial charge in [0.2, 0.25) is 12.7 Å². The quantitative estimate of drug-likeness (QED) is 0.592. The van der Waals surface area contributed by atoms with Crippen molar-refractivity contribution in [1.29, 1.82) is 0 Å². The molecule has 0 bridgehead atoms. The molecule has 2 aromatic heterocycles. The maximum absolute atomic E-state index is 12.7. The van der Waals surface area contributed by atoms with Gasteiger partial charge in [-0.25, -0.2) is 0 Å². The van der Waals surface area contributed by atoms with Gasteiger partial charge in [0.1, 0.15) is 11.6 Å². The Balaban J connectivity index is 1.30. The molecule has 1 amide bonds. The molecule has 0 saturated heterocycles. The topological polar surface area (TPSA) is 91.4 Å². The van der Waals surface area contributed by atoms with Gasteiger partial charge in [-0.15, -0.1) is 10.2 Å². The average molecular weight is 412 g/mol. The smallest absolute Gasteiger partial charge is 0.237 e. The van der Waals surface area contributed by atoms with Crippen molar-refractivity contribution in [3.63, 3.8) is 0 Å². The van der Waals surface area contributed by atoms with E-state index in [2.05, 4.69) is 20.1 Å². The lowest BCUT2D eigenvalue weighted by Crippen LogP contribution is -2.23. The summed E-state index contributed by atoms with van der Waals surface area (Å²) in [4.78, 5) is 12.7. The number of fused-ring (bicyclic) bond motifs is 1. The molecule has 1 atom stereocenters. The Bertz CT molecular complexity index is 1030. The molecule has 29 heavy (non-hydrogen) atoms. The number of benzene rings is 1. The van der Waals surface area contributed by atoms with Gasteiger partial charge in [0, 0.05) is 17.7 Å². The van der Waals surface area contributed by atoms with Crippen molar-refractivity contribution in [2.24, 2.45) is 0 Å². The van der Waals surface area contributed by atoms with Crippen LogP contribution in [-0.2, 0) is 11.3 Å². The van der Waals surface area contributed by atoms with E-state index in [0.29, 0.717) is 29.6 Å². The fraction of sp³-hybridized carbons (Fsp3) is 0.350. The molecule has 5 rings (SSSR count). The third-order valence-electron chi connectivity index (χ3n) is 4.87. The molecule has 0 radical (unpaired) electrons. The van der Waals surface area contributed by atoms with Gasteiger partial charge in [0.25, 0.3) is 0 Å². The predicted molar refractivity (Wildman–Crippen MR) is 106 cm³/mol. The number of hydrogen-bond acceptors (Lipinski definition) is 7. The standard InChI is InChI=1S/C20H20N4O4S/c1-12(19(25)21-14-6-7-16-17(9-14)28-11-27-16)29-20-23-22-18(13-4-5-13)24(20)10-15-3-2-8-26-15/h2-3,6-9,12-13H,4-5,10-11H2,1H3,(H,21,25). The Morgan fingerprint density at radius 3 is 2.93 bits per heavy atom. The van der Waals surface area contributed by atoms with Crippen LogP contribution >= 0.6 is 11.8 Å². The van der Waals surface area contributed by atoms with E-state index >= 15 is 0 Å². The number of furan rings is 1. The second-order valence-corrected chi connectivity index (χ2v) is 8.41. The summed E-state index contributed by atoms with van der Waals surface area (Å²) in [7, 11) is 0. The lowest BCUT2D eigenvalue weighted by atomic mass is 10.2. The van der Waals surface area contributed by atoms with Gasteiger partial charge in [0.05, 0.1) is 18.1 Å². The van der Waals surface area contributed by atoms with E-state index in [-0.39, 0.29) is 18.0 Å². The van der Waals surface area contributed by atoms with E-state index in [4.69, 9.17) is 13.9 Å². The molecule has 1 N–H and O–H groups in total. The van der Waals surface area contributed by atoms with Crippen molar-refractivity contribution in [3.8, 4) is 11.5 Å². The van der Waals surface area contributed by atoms with E-state index in [9.17, 15) is 4.79 Å². The Morgan fingerprint density at radius 2 is 2.14 bits per heavy atom. The molecule has 8 nitrogen and oxygen atoms in total. The molecule has 1 fully saturated rings. The van der Waals surface area contributed by atoms with Gasteiger partial charge in [0.15, 0.2) is 16.7 Å². The summed E-state index contributed by atoms with van der Waals surface area (Å²) < 4.78 is 18.2. The Kier molecular flexibility index (Phi) is 4.67. The van der Waals surface area contributed by atoms with Crippen molar-refractivity contribution in [3.05, 3.63) is 48.2 Å². The molecule has 3 heterocycles. The van der Waals surface area contributed by atoms with Gasteiger partial charge in [-0.3, -0.25) is 9.36 Å². The monoisotopic (exact) mass is 412 g/mol. The zero-order valence-corrected chi connectivity index (χ0v) is 16.6. The van der Waals surface area contributed by atoms with E-state index in [1.807, 2.05) is 19.1 Å². The number of aromatic nitrogens is 3. The van der Waals surface area contributed by atoms with Gasteiger partial charge in [-0.05, 0) is 44.0 Å². The minimum atomic E-state index is -0.355. The number of hydrogen-bond donors (Lipinski definition) is 1. The Hall–Kier alpha value is -2.94. The maximum atomic E-state index is 12.7. The number of carbonyl (C=O) groups excluding carboxylic acids is 1. The molecule has 0 spiro atoms. The van der Waals surface area contributed by atoms with Crippen LogP contribution in [0.25, 0.3) is 0 Å².